The first kappa shape index (κ1) is 17.9. The Morgan fingerprint density at radius 3 is 2.62 bits per heavy atom. The molecule has 1 N–H and O–H groups in total. The van der Waals surface area contributed by atoms with Crippen molar-refractivity contribution >= 4 is 22.9 Å². The number of benzene rings is 2. The number of hydrogen-bond acceptors (Lipinski definition) is 3. The number of carbonyl (C=O) groups excluding carboxylic acids is 1. The first-order valence-electron chi connectivity index (χ1n) is 8.18. The second kappa shape index (κ2) is 7.86. The van der Waals surface area contributed by atoms with Gasteiger partial charge in [-0.3, -0.25) is 0 Å². The number of carbonyl (C=O) groups is 1. The van der Waals surface area contributed by atoms with E-state index in [1.54, 1.807) is 0 Å². The lowest BCUT2D eigenvalue weighted by atomic mass is 10.0. The summed E-state index contributed by atoms with van der Waals surface area (Å²) < 4.78 is 10.9. The van der Waals surface area contributed by atoms with E-state index in [-0.39, 0.29) is 0 Å². The van der Waals surface area contributed by atoms with E-state index in [2.05, 4.69) is 23.5 Å². The lowest BCUT2D eigenvalue weighted by molar-refractivity contribution is 0.0534. The van der Waals surface area contributed by atoms with Gasteiger partial charge in [0, 0.05) is 12.1 Å². The first-order chi connectivity index (χ1) is 11.4. The van der Waals surface area contributed by atoms with Gasteiger partial charge < -0.3 is 14.8 Å². The van der Waals surface area contributed by atoms with Gasteiger partial charge in [-0.2, -0.15) is 0 Å². The SMILES string of the molecule is CCOc1ccc2ccccc2c1C=CCNC(=O)OC(C)(C)C. The Balaban J connectivity index is 2.13. The molecule has 0 atom stereocenters. The predicted molar refractivity (Wildman–Crippen MR) is 98.4 cm³/mol. The van der Waals surface area contributed by atoms with Gasteiger partial charge in [-0.05, 0) is 44.5 Å². The van der Waals surface area contributed by atoms with Crippen molar-refractivity contribution in [2.24, 2.45) is 0 Å². The maximum Gasteiger partial charge on any atom is 0.407 e. The van der Waals surface area contributed by atoms with Crippen molar-refractivity contribution < 1.29 is 14.3 Å². The number of hydrogen-bond donors (Lipinski definition) is 1. The summed E-state index contributed by atoms with van der Waals surface area (Å²) in [5.41, 5.74) is 0.520. The largest absolute Gasteiger partial charge is 0.493 e. The number of fused-ring (bicyclic) bond motifs is 1. The molecule has 0 aliphatic rings. The zero-order chi connectivity index (χ0) is 17.6. The van der Waals surface area contributed by atoms with Gasteiger partial charge in [0.2, 0.25) is 0 Å². The Kier molecular flexibility index (Phi) is 5.85. The Morgan fingerprint density at radius 1 is 1.17 bits per heavy atom. The number of rotatable bonds is 5. The van der Waals surface area contributed by atoms with Crippen LogP contribution < -0.4 is 10.1 Å². The van der Waals surface area contributed by atoms with Gasteiger partial charge in [0.15, 0.2) is 0 Å². The number of alkyl carbamates (subject to hydrolysis) is 1. The van der Waals surface area contributed by atoms with Crippen molar-refractivity contribution in [3.05, 3.63) is 48.0 Å². The molecule has 0 unspecified atom stereocenters. The Bertz CT molecular complexity index is 729. The van der Waals surface area contributed by atoms with E-state index in [1.807, 2.05) is 58.0 Å². The van der Waals surface area contributed by atoms with Gasteiger partial charge >= 0.3 is 6.09 Å². The van der Waals surface area contributed by atoms with Crippen molar-refractivity contribution in [1.82, 2.24) is 5.32 Å². The quantitative estimate of drug-likeness (QED) is 0.860. The lowest BCUT2D eigenvalue weighted by Crippen LogP contribution is -2.32. The molecule has 2 aromatic carbocycles. The lowest BCUT2D eigenvalue weighted by Gasteiger charge is -2.19. The summed E-state index contributed by atoms with van der Waals surface area (Å²) in [5, 5.41) is 5.00. The van der Waals surface area contributed by atoms with E-state index in [9.17, 15) is 4.79 Å². The van der Waals surface area contributed by atoms with Crippen molar-refractivity contribution in [2.45, 2.75) is 33.3 Å². The molecule has 0 bridgehead atoms. The highest BCUT2D eigenvalue weighted by Gasteiger charge is 2.15. The summed E-state index contributed by atoms with van der Waals surface area (Å²) in [6.07, 6.45) is 3.45. The van der Waals surface area contributed by atoms with E-state index in [0.717, 1.165) is 22.1 Å². The third kappa shape index (κ3) is 5.01. The third-order valence-corrected chi connectivity index (χ3v) is 3.28. The molecule has 0 saturated heterocycles. The van der Waals surface area contributed by atoms with Crippen LogP contribution >= 0.6 is 0 Å². The van der Waals surface area contributed by atoms with Crippen molar-refractivity contribution in [3.63, 3.8) is 0 Å². The highest BCUT2D eigenvalue weighted by atomic mass is 16.6. The van der Waals surface area contributed by atoms with Gasteiger partial charge in [0.05, 0.1) is 6.61 Å². The van der Waals surface area contributed by atoms with Gasteiger partial charge in [-0.15, -0.1) is 0 Å². The molecule has 0 fully saturated rings. The maximum absolute atomic E-state index is 11.7. The van der Waals surface area contributed by atoms with Crippen molar-refractivity contribution in [3.8, 4) is 5.75 Å². The van der Waals surface area contributed by atoms with Crippen molar-refractivity contribution in [2.75, 3.05) is 13.2 Å². The van der Waals surface area contributed by atoms with Gasteiger partial charge in [0.1, 0.15) is 11.4 Å². The van der Waals surface area contributed by atoms with Crippen LogP contribution in [0.5, 0.6) is 5.75 Å². The van der Waals surface area contributed by atoms with Crippen LogP contribution in [-0.2, 0) is 4.74 Å². The Hall–Kier alpha value is -2.49. The highest BCUT2D eigenvalue weighted by Crippen LogP contribution is 2.29. The fourth-order valence-corrected chi connectivity index (χ4v) is 2.36. The summed E-state index contributed by atoms with van der Waals surface area (Å²) in [6.45, 7) is 8.48. The predicted octanol–water partition coefficient (Wildman–Crippen LogP) is 4.78. The Labute approximate surface area is 143 Å². The average molecular weight is 327 g/mol. The summed E-state index contributed by atoms with van der Waals surface area (Å²) in [5.74, 6) is 0.838. The van der Waals surface area contributed by atoms with E-state index >= 15 is 0 Å². The molecule has 0 radical (unpaired) electrons. The van der Waals surface area contributed by atoms with Crippen LogP contribution in [0.25, 0.3) is 16.8 Å². The summed E-state index contributed by atoms with van der Waals surface area (Å²) in [4.78, 5) is 11.7. The minimum atomic E-state index is -0.494. The summed E-state index contributed by atoms with van der Waals surface area (Å²) in [7, 11) is 0. The molecular formula is C20H25NO3. The van der Waals surface area contributed by atoms with Gasteiger partial charge in [-0.25, -0.2) is 4.79 Å². The van der Waals surface area contributed by atoms with E-state index in [1.165, 1.54) is 0 Å². The molecule has 4 nitrogen and oxygen atoms in total. The third-order valence-electron chi connectivity index (χ3n) is 3.28. The number of nitrogens with one attached hydrogen (secondary N) is 1. The van der Waals surface area contributed by atoms with Crippen LogP contribution in [0.3, 0.4) is 0 Å². The van der Waals surface area contributed by atoms with Crippen molar-refractivity contribution in [1.29, 1.82) is 0 Å². The molecule has 4 heteroatoms. The number of ether oxygens (including phenoxy) is 2. The minimum Gasteiger partial charge on any atom is -0.493 e. The molecule has 0 aliphatic carbocycles. The molecule has 24 heavy (non-hydrogen) atoms. The van der Waals surface area contributed by atoms with Crippen LogP contribution in [0.15, 0.2) is 42.5 Å². The molecule has 0 spiro atoms. The molecule has 1 amide bonds. The van der Waals surface area contributed by atoms with E-state index < -0.39 is 11.7 Å². The second-order valence-corrected chi connectivity index (χ2v) is 6.42. The molecular weight excluding hydrogens is 302 g/mol. The van der Waals surface area contributed by atoms with Crippen LogP contribution in [0, 0.1) is 0 Å². The summed E-state index contributed by atoms with van der Waals surface area (Å²) >= 11 is 0. The highest BCUT2D eigenvalue weighted by molar-refractivity contribution is 5.93. The fourth-order valence-electron chi connectivity index (χ4n) is 2.36. The second-order valence-electron chi connectivity index (χ2n) is 6.42. The zero-order valence-corrected chi connectivity index (χ0v) is 14.8. The fraction of sp³-hybridized carbons (Fsp3) is 0.350. The first-order valence-corrected chi connectivity index (χ1v) is 8.18. The van der Waals surface area contributed by atoms with Gasteiger partial charge in [0.25, 0.3) is 0 Å². The minimum absolute atomic E-state index is 0.393. The molecule has 128 valence electrons. The normalized spacial score (nSPS) is 11.7. The standard InChI is InChI=1S/C20H25NO3/c1-5-23-18-13-12-15-9-6-7-10-16(15)17(18)11-8-14-21-19(22)24-20(2,3)4/h6-13H,5,14H2,1-4H3,(H,21,22). The molecule has 0 saturated carbocycles. The Morgan fingerprint density at radius 2 is 1.92 bits per heavy atom. The molecule has 0 aliphatic heterocycles. The smallest absolute Gasteiger partial charge is 0.407 e. The van der Waals surface area contributed by atoms with Gasteiger partial charge in [-0.1, -0.05) is 42.5 Å². The molecule has 0 aromatic heterocycles. The van der Waals surface area contributed by atoms with Crippen LogP contribution in [0.1, 0.15) is 33.3 Å². The monoisotopic (exact) mass is 327 g/mol. The summed E-state index contributed by atoms with van der Waals surface area (Å²) in [6, 6.07) is 12.2. The van der Waals surface area contributed by atoms with Crippen LogP contribution in [0.4, 0.5) is 4.79 Å². The van der Waals surface area contributed by atoms with Crippen LogP contribution in [0.2, 0.25) is 0 Å². The van der Waals surface area contributed by atoms with Crippen LogP contribution in [-0.4, -0.2) is 24.8 Å². The molecule has 2 rings (SSSR count). The zero-order valence-electron chi connectivity index (χ0n) is 14.8. The number of amides is 1. The topological polar surface area (TPSA) is 47.6 Å². The van der Waals surface area contributed by atoms with E-state index in [4.69, 9.17) is 9.47 Å². The average Bonchev–Trinajstić information content (AvgIpc) is 2.51. The molecule has 2 aromatic rings. The maximum atomic E-state index is 11.7. The molecule has 0 heterocycles. The van der Waals surface area contributed by atoms with E-state index in [0.29, 0.717) is 13.2 Å².